The summed E-state index contributed by atoms with van der Waals surface area (Å²) >= 11 is 0. The highest BCUT2D eigenvalue weighted by Gasteiger charge is 2.31. The first kappa shape index (κ1) is 16.3. The van der Waals surface area contributed by atoms with E-state index in [0.717, 1.165) is 18.4 Å². The molecule has 1 aromatic carbocycles. The fraction of sp³-hybridized carbons (Fsp3) is 0.500. The Kier molecular flexibility index (Phi) is 5.77. The summed E-state index contributed by atoms with van der Waals surface area (Å²) < 4.78 is 10.5. The molecular formula is C16H21NO5. The molecule has 2 N–H and O–H groups in total. The van der Waals surface area contributed by atoms with Gasteiger partial charge in [0.15, 0.2) is 0 Å². The monoisotopic (exact) mass is 307 g/mol. The molecule has 1 aliphatic rings. The molecule has 6 heteroatoms. The average molecular weight is 307 g/mol. The molecule has 1 amide bonds. The van der Waals surface area contributed by atoms with Crippen LogP contribution < -0.4 is 10.1 Å². The Morgan fingerprint density at radius 1 is 1.45 bits per heavy atom. The molecule has 0 saturated carbocycles. The minimum absolute atomic E-state index is 0.0847. The van der Waals surface area contributed by atoms with Gasteiger partial charge in [-0.25, -0.2) is 4.79 Å². The van der Waals surface area contributed by atoms with Crippen LogP contribution >= 0.6 is 0 Å². The van der Waals surface area contributed by atoms with Crippen LogP contribution in [0.4, 0.5) is 0 Å². The maximum atomic E-state index is 12.2. The van der Waals surface area contributed by atoms with Crippen molar-refractivity contribution in [3.05, 3.63) is 29.8 Å². The van der Waals surface area contributed by atoms with Crippen molar-refractivity contribution in [1.82, 2.24) is 5.32 Å². The van der Waals surface area contributed by atoms with Crippen LogP contribution in [-0.4, -0.2) is 43.3 Å². The van der Waals surface area contributed by atoms with Crippen LogP contribution in [0.3, 0.4) is 0 Å². The maximum Gasteiger partial charge on any atom is 0.326 e. The van der Waals surface area contributed by atoms with E-state index in [4.69, 9.17) is 9.47 Å². The highest BCUT2D eigenvalue weighted by Crippen LogP contribution is 2.20. The van der Waals surface area contributed by atoms with Gasteiger partial charge in [-0.3, -0.25) is 4.79 Å². The SMILES string of the molecule is COc1ccccc1CC(=O)NC(C(=O)O)C1CCCOC1. The molecule has 1 aliphatic heterocycles. The van der Waals surface area contributed by atoms with Crippen molar-refractivity contribution < 1.29 is 24.2 Å². The van der Waals surface area contributed by atoms with Gasteiger partial charge in [-0.2, -0.15) is 0 Å². The fourth-order valence-corrected chi connectivity index (χ4v) is 2.66. The number of ether oxygens (including phenoxy) is 2. The Balaban J connectivity index is 2.00. The lowest BCUT2D eigenvalue weighted by Gasteiger charge is -2.28. The summed E-state index contributed by atoms with van der Waals surface area (Å²) in [4.78, 5) is 23.6. The minimum Gasteiger partial charge on any atom is -0.496 e. The van der Waals surface area contributed by atoms with Crippen molar-refractivity contribution in [3.63, 3.8) is 0 Å². The van der Waals surface area contributed by atoms with Crippen molar-refractivity contribution in [2.24, 2.45) is 5.92 Å². The van der Waals surface area contributed by atoms with E-state index in [9.17, 15) is 14.7 Å². The third kappa shape index (κ3) is 4.21. The number of carboxylic acids is 1. The van der Waals surface area contributed by atoms with Crippen LogP contribution in [-0.2, 0) is 20.7 Å². The molecule has 0 radical (unpaired) electrons. The Morgan fingerprint density at radius 3 is 2.86 bits per heavy atom. The number of carbonyl (C=O) groups excluding carboxylic acids is 1. The second-order valence-electron chi connectivity index (χ2n) is 5.35. The number of carbonyl (C=O) groups is 2. The summed E-state index contributed by atoms with van der Waals surface area (Å²) in [6, 6.07) is 6.28. The number of aliphatic carboxylic acids is 1. The van der Waals surface area contributed by atoms with Crippen LogP contribution in [0.25, 0.3) is 0 Å². The van der Waals surface area contributed by atoms with Gasteiger partial charge in [0.25, 0.3) is 0 Å². The van der Waals surface area contributed by atoms with Crippen molar-refractivity contribution in [2.45, 2.75) is 25.3 Å². The molecule has 22 heavy (non-hydrogen) atoms. The fourth-order valence-electron chi connectivity index (χ4n) is 2.66. The zero-order valence-corrected chi connectivity index (χ0v) is 12.6. The number of nitrogens with one attached hydrogen (secondary N) is 1. The van der Waals surface area contributed by atoms with Crippen molar-refractivity contribution in [1.29, 1.82) is 0 Å². The number of hydrogen-bond donors (Lipinski definition) is 2. The normalized spacial score (nSPS) is 19.2. The van der Waals surface area contributed by atoms with E-state index in [-0.39, 0.29) is 18.2 Å². The van der Waals surface area contributed by atoms with E-state index in [1.165, 1.54) is 7.11 Å². The third-order valence-corrected chi connectivity index (χ3v) is 3.79. The zero-order valence-electron chi connectivity index (χ0n) is 12.6. The van der Waals surface area contributed by atoms with E-state index in [0.29, 0.717) is 19.0 Å². The molecule has 0 bridgehead atoms. The van der Waals surface area contributed by atoms with Crippen LogP contribution in [0, 0.1) is 5.92 Å². The molecule has 0 aliphatic carbocycles. The molecule has 1 heterocycles. The summed E-state index contributed by atoms with van der Waals surface area (Å²) in [5.74, 6) is -0.926. The topological polar surface area (TPSA) is 84.9 Å². The van der Waals surface area contributed by atoms with E-state index >= 15 is 0 Å². The lowest BCUT2D eigenvalue weighted by Crippen LogP contribution is -2.48. The van der Waals surface area contributed by atoms with Gasteiger partial charge in [0.1, 0.15) is 11.8 Å². The van der Waals surface area contributed by atoms with Crippen molar-refractivity contribution in [3.8, 4) is 5.75 Å². The van der Waals surface area contributed by atoms with E-state index in [1.807, 2.05) is 12.1 Å². The average Bonchev–Trinajstić information content (AvgIpc) is 2.53. The van der Waals surface area contributed by atoms with Crippen LogP contribution in [0.5, 0.6) is 5.75 Å². The molecule has 120 valence electrons. The number of benzene rings is 1. The van der Waals surface area contributed by atoms with Crippen LogP contribution in [0.1, 0.15) is 18.4 Å². The van der Waals surface area contributed by atoms with Crippen molar-refractivity contribution in [2.75, 3.05) is 20.3 Å². The van der Waals surface area contributed by atoms with Gasteiger partial charge in [0.2, 0.25) is 5.91 Å². The van der Waals surface area contributed by atoms with Gasteiger partial charge in [-0.1, -0.05) is 18.2 Å². The zero-order chi connectivity index (χ0) is 15.9. The Labute approximate surface area is 129 Å². The second kappa shape index (κ2) is 7.79. The van der Waals surface area contributed by atoms with E-state index in [2.05, 4.69) is 5.32 Å². The number of rotatable bonds is 6. The predicted molar refractivity (Wildman–Crippen MR) is 79.8 cm³/mol. The maximum absolute atomic E-state index is 12.2. The summed E-state index contributed by atoms with van der Waals surface area (Å²) in [5.41, 5.74) is 0.728. The number of methoxy groups -OCH3 is 1. The molecule has 0 aromatic heterocycles. The summed E-state index contributed by atoms with van der Waals surface area (Å²) in [5, 5.41) is 12.0. The molecule has 1 fully saturated rings. The Morgan fingerprint density at radius 2 is 2.23 bits per heavy atom. The molecule has 6 nitrogen and oxygen atoms in total. The van der Waals surface area contributed by atoms with Gasteiger partial charge >= 0.3 is 5.97 Å². The number of amides is 1. The summed E-state index contributed by atoms with van der Waals surface area (Å²) in [7, 11) is 1.54. The highest BCUT2D eigenvalue weighted by molar-refractivity contribution is 5.85. The van der Waals surface area contributed by atoms with Gasteiger partial charge in [-0.15, -0.1) is 0 Å². The quantitative estimate of drug-likeness (QED) is 0.826. The first-order valence-electron chi connectivity index (χ1n) is 7.33. The molecule has 2 atom stereocenters. The summed E-state index contributed by atoms with van der Waals surface area (Å²) in [6.07, 6.45) is 1.64. The van der Waals surface area contributed by atoms with E-state index in [1.54, 1.807) is 12.1 Å². The number of para-hydroxylation sites is 1. The molecule has 1 saturated heterocycles. The first-order chi connectivity index (χ1) is 10.6. The molecule has 2 rings (SSSR count). The van der Waals surface area contributed by atoms with Gasteiger partial charge in [-0.05, 0) is 18.9 Å². The predicted octanol–water partition coefficient (Wildman–Crippen LogP) is 1.23. The van der Waals surface area contributed by atoms with Gasteiger partial charge in [0.05, 0.1) is 20.1 Å². The second-order valence-corrected chi connectivity index (χ2v) is 5.35. The Hall–Kier alpha value is -2.08. The molecule has 1 aromatic rings. The first-order valence-corrected chi connectivity index (χ1v) is 7.33. The van der Waals surface area contributed by atoms with Crippen LogP contribution in [0.2, 0.25) is 0 Å². The van der Waals surface area contributed by atoms with Gasteiger partial charge in [0, 0.05) is 18.1 Å². The van der Waals surface area contributed by atoms with E-state index < -0.39 is 12.0 Å². The van der Waals surface area contributed by atoms with Gasteiger partial charge < -0.3 is 19.9 Å². The minimum atomic E-state index is -1.02. The van der Waals surface area contributed by atoms with Crippen molar-refractivity contribution >= 4 is 11.9 Å². The largest absolute Gasteiger partial charge is 0.496 e. The lowest BCUT2D eigenvalue weighted by molar-refractivity contribution is -0.145. The lowest BCUT2D eigenvalue weighted by atomic mass is 9.93. The highest BCUT2D eigenvalue weighted by atomic mass is 16.5. The smallest absolute Gasteiger partial charge is 0.326 e. The number of hydrogen-bond acceptors (Lipinski definition) is 4. The Bertz CT molecular complexity index is 525. The molecule has 0 spiro atoms. The summed E-state index contributed by atoms with van der Waals surface area (Å²) in [6.45, 7) is 1.02. The number of carboxylic acid groups (broad SMARTS) is 1. The third-order valence-electron chi connectivity index (χ3n) is 3.79. The molecule has 2 unspecified atom stereocenters. The standard InChI is InChI=1S/C16H21NO5/c1-21-13-7-3-2-5-11(13)9-14(18)17-15(16(19)20)12-6-4-8-22-10-12/h2-3,5,7,12,15H,4,6,8-10H2,1H3,(H,17,18)(H,19,20). The molecular weight excluding hydrogens is 286 g/mol. The van der Waals surface area contributed by atoms with Crippen LogP contribution in [0.15, 0.2) is 24.3 Å².